The Morgan fingerprint density at radius 3 is 2.44 bits per heavy atom. The van der Waals surface area contributed by atoms with Gasteiger partial charge in [0.2, 0.25) is 0 Å². The van der Waals surface area contributed by atoms with Crippen LogP contribution in [0.2, 0.25) is 0 Å². The molecule has 0 aromatic heterocycles. The van der Waals surface area contributed by atoms with Crippen molar-refractivity contribution in [3.8, 4) is 6.07 Å². The van der Waals surface area contributed by atoms with Crippen molar-refractivity contribution in [3.05, 3.63) is 47.5 Å². The molecular weight excluding hydrogens is 200 g/mol. The lowest BCUT2D eigenvalue weighted by molar-refractivity contribution is 0.0807. The zero-order valence-corrected chi connectivity index (χ0v) is 9.53. The Bertz CT molecular complexity index is 440. The smallest absolute Gasteiger partial charge is 0.253 e. The molecule has 0 unspecified atom stereocenters. The first-order chi connectivity index (χ1) is 7.54. The summed E-state index contributed by atoms with van der Waals surface area (Å²) in [5.41, 5.74) is 2.08. The number of amides is 1. The average Bonchev–Trinajstić information content (AvgIpc) is 2.27. The molecule has 16 heavy (non-hydrogen) atoms. The van der Waals surface area contributed by atoms with E-state index in [0.29, 0.717) is 17.7 Å². The predicted molar refractivity (Wildman–Crippen MR) is 62.9 cm³/mol. The van der Waals surface area contributed by atoms with Crippen LogP contribution in [-0.2, 0) is 0 Å². The Kier molecular flexibility index (Phi) is 3.84. The lowest BCUT2D eigenvalue weighted by Gasteiger charge is -2.16. The molecule has 82 valence electrons. The van der Waals surface area contributed by atoms with Gasteiger partial charge in [-0.15, -0.1) is 0 Å². The topological polar surface area (TPSA) is 44.1 Å². The second-order valence-corrected chi connectivity index (χ2v) is 3.81. The molecule has 0 spiro atoms. The lowest BCUT2D eigenvalue weighted by Crippen LogP contribution is -2.28. The van der Waals surface area contributed by atoms with Gasteiger partial charge in [0.1, 0.15) is 0 Å². The summed E-state index contributed by atoms with van der Waals surface area (Å²) in [6.07, 6.45) is 0. The van der Waals surface area contributed by atoms with Crippen molar-refractivity contribution in [2.75, 3.05) is 13.6 Å². The quantitative estimate of drug-likeness (QED) is 0.724. The molecule has 0 N–H and O–H groups in total. The zero-order valence-electron chi connectivity index (χ0n) is 9.53. The zero-order chi connectivity index (χ0) is 12.1. The number of nitrogens with zero attached hydrogens (tertiary/aromatic N) is 2. The predicted octanol–water partition coefficient (Wildman–Crippen LogP) is 2.21. The van der Waals surface area contributed by atoms with E-state index < -0.39 is 0 Å². The van der Waals surface area contributed by atoms with Gasteiger partial charge in [-0.25, -0.2) is 0 Å². The third-order valence-corrected chi connectivity index (χ3v) is 2.11. The molecule has 0 fully saturated rings. The summed E-state index contributed by atoms with van der Waals surface area (Å²) in [5.74, 6) is -0.0625. The summed E-state index contributed by atoms with van der Waals surface area (Å²) in [5, 5.41) is 8.64. The van der Waals surface area contributed by atoms with Gasteiger partial charge in [0.25, 0.3) is 5.91 Å². The third kappa shape index (κ3) is 2.96. The SMILES string of the molecule is C=C(C)CN(C)C(=O)c1ccc(C#N)cc1. The molecule has 3 heteroatoms. The Balaban J connectivity index is 2.80. The van der Waals surface area contributed by atoms with Crippen molar-refractivity contribution in [1.29, 1.82) is 5.26 Å². The van der Waals surface area contributed by atoms with Gasteiger partial charge in [0.15, 0.2) is 0 Å². The van der Waals surface area contributed by atoms with Crippen LogP contribution < -0.4 is 0 Å². The van der Waals surface area contributed by atoms with E-state index in [0.717, 1.165) is 5.57 Å². The molecule has 1 aromatic rings. The van der Waals surface area contributed by atoms with Gasteiger partial charge >= 0.3 is 0 Å². The second kappa shape index (κ2) is 5.13. The fraction of sp³-hybridized carbons (Fsp3) is 0.231. The van der Waals surface area contributed by atoms with Crippen LogP contribution >= 0.6 is 0 Å². The molecule has 0 bridgehead atoms. The highest BCUT2D eigenvalue weighted by Crippen LogP contribution is 2.07. The Labute approximate surface area is 95.6 Å². The number of likely N-dealkylation sites (N-methyl/N-ethyl adjacent to an activating group) is 1. The number of benzene rings is 1. The number of hydrogen-bond acceptors (Lipinski definition) is 2. The van der Waals surface area contributed by atoms with Crippen molar-refractivity contribution in [3.63, 3.8) is 0 Å². The number of rotatable bonds is 3. The van der Waals surface area contributed by atoms with Crippen LogP contribution in [0.25, 0.3) is 0 Å². The summed E-state index contributed by atoms with van der Waals surface area (Å²) in [6, 6.07) is 8.62. The Morgan fingerprint density at radius 1 is 1.44 bits per heavy atom. The number of carbonyl (C=O) groups excluding carboxylic acids is 1. The van der Waals surface area contributed by atoms with E-state index in [1.165, 1.54) is 0 Å². The molecule has 0 radical (unpaired) electrons. The summed E-state index contributed by atoms with van der Waals surface area (Å²) >= 11 is 0. The Morgan fingerprint density at radius 2 is 2.00 bits per heavy atom. The van der Waals surface area contributed by atoms with E-state index in [-0.39, 0.29) is 5.91 Å². The van der Waals surface area contributed by atoms with Gasteiger partial charge in [-0.1, -0.05) is 12.2 Å². The minimum Gasteiger partial charge on any atom is -0.338 e. The highest BCUT2D eigenvalue weighted by atomic mass is 16.2. The summed E-state index contributed by atoms with van der Waals surface area (Å²) < 4.78 is 0. The molecule has 1 aromatic carbocycles. The molecule has 0 aliphatic rings. The van der Waals surface area contributed by atoms with Gasteiger partial charge in [0, 0.05) is 19.2 Å². The molecule has 1 amide bonds. The third-order valence-electron chi connectivity index (χ3n) is 2.11. The maximum Gasteiger partial charge on any atom is 0.253 e. The van der Waals surface area contributed by atoms with E-state index >= 15 is 0 Å². The highest BCUT2D eigenvalue weighted by Gasteiger charge is 2.10. The number of nitriles is 1. The van der Waals surface area contributed by atoms with Crippen LogP contribution in [0.5, 0.6) is 0 Å². The molecule has 0 aliphatic carbocycles. The van der Waals surface area contributed by atoms with E-state index in [1.54, 1.807) is 36.2 Å². The van der Waals surface area contributed by atoms with Crippen molar-refractivity contribution in [2.24, 2.45) is 0 Å². The van der Waals surface area contributed by atoms with E-state index in [9.17, 15) is 4.79 Å². The lowest BCUT2D eigenvalue weighted by atomic mass is 10.1. The van der Waals surface area contributed by atoms with Crippen molar-refractivity contribution in [1.82, 2.24) is 4.90 Å². The molecule has 1 rings (SSSR count). The highest BCUT2D eigenvalue weighted by molar-refractivity contribution is 5.94. The van der Waals surface area contributed by atoms with E-state index in [1.807, 2.05) is 13.0 Å². The van der Waals surface area contributed by atoms with Crippen LogP contribution in [0, 0.1) is 11.3 Å². The number of carbonyl (C=O) groups is 1. The second-order valence-electron chi connectivity index (χ2n) is 3.81. The fourth-order valence-electron chi connectivity index (χ4n) is 1.38. The molecule has 0 aliphatic heterocycles. The maximum absolute atomic E-state index is 11.9. The van der Waals surface area contributed by atoms with E-state index in [4.69, 9.17) is 5.26 Å². The standard InChI is InChI=1S/C13H14N2O/c1-10(2)9-15(3)13(16)12-6-4-11(8-14)5-7-12/h4-7H,1,9H2,2-3H3. The van der Waals surface area contributed by atoms with Gasteiger partial charge < -0.3 is 4.90 Å². The van der Waals surface area contributed by atoms with Crippen LogP contribution in [0.15, 0.2) is 36.4 Å². The maximum atomic E-state index is 11.9. The summed E-state index contributed by atoms with van der Waals surface area (Å²) in [7, 11) is 1.73. The monoisotopic (exact) mass is 214 g/mol. The van der Waals surface area contributed by atoms with Crippen molar-refractivity contribution < 1.29 is 4.79 Å². The van der Waals surface area contributed by atoms with Crippen LogP contribution in [0.4, 0.5) is 0 Å². The van der Waals surface area contributed by atoms with Gasteiger partial charge in [-0.2, -0.15) is 5.26 Å². The van der Waals surface area contributed by atoms with Gasteiger partial charge in [0.05, 0.1) is 11.6 Å². The Hall–Kier alpha value is -2.08. The summed E-state index contributed by atoms with van der Waals surface area (Å²) in [6.45, 7) is 6.18. The first-order valence-corrected chi connectivity index (χ1v) is 4.94. The molecule has 0 saturated carbocycles. The molecule has 0 heterocycles. The summed E-state index contributed by atoms with van der Waals surface area (Å²) in [4.78, 5) is 13.5. The van der Waals surface area contributed by atoms with Crippen LogP contribution in [0.3, 0.4) is 0 Å². The largest absolute Gasteiger partial charge is 0.338 e. The molecule has 0 saturated heterocycles. The first-order valence-electron chi connectivity index (χ1n) is 4.94. The van der Waals surface area contributed by atoms with Crippen molar-refractivity contribution >= 4 is 5.91 Å². The van der Waals surface area contributed by atoms with Crippen LogP contribution in [-0.4, -0.2) is 24.4 Å². The fourth-order valence-corrected chi connectivity index (χ4v) is 1.38. The van der Waals surface area contributed by atoms with Crippen LogP contribution in [0.1, 0.15) is 22.8 Å². The normalized spacial score (nSPS) is 9.31. The molecule has 3 nitrogen and oxygen atoms in total. The van der Waals surface area contributed by atoms with Gasteiger partial charge in [-0.3, -0.25) is 4.79 Å². The van der Waals surface area contributed by atoms with Crippen molar-refractivity contribution in [2.45, 2.75) is 6.92 Å². The molecule has 0 atom stereocenters. The number of hydrogen-bond donors (Lipinski definition) is 0. The van der Waals surface area contributed by atoms with E-state index in [2.05, 4.69) is 6.58 Å². The minimum atomic E-state index is -0.0625. The van der Waals surface area contributed by atoms with Gasteiger partial charge in [-0.05, 0) is 31.2 Å². The minimum absolute atomic E-state index is 0.0625. The molecular formula is C13H14N2O. The first kappa shape index (κ1) is 12.0. The average molecular weight is 214 g/mol.